The van der Waals surface area contributed by atoms with Gasteiger partial charge in [0.05, 0.1) is 22.8 Å². The lowest BCUT2D eigenvalue weighted by molar-refractivity contribution is -0.137. The smallest absolute Gasteiger partial charge is 0.381 e. The lowest BCUT2D eigenvalue weighted by Gasteiger charge is -2.31. The molecule has 1 aromatic rings. The number of rotatable bonds is 3. The summed E-state index contributed by atoms with van der Waals surface area (Å²) in [5.74, 6) is 2.61. The maximum atomic E-state index is 12.6. The number of terminal acetylenes is 1. The molecule has 2 nitrogen and oxygen atoms in total. The quantitative estimate of drug-likeness (QED) is 0.852. The zero-order chi connectivity index (χ0) is 15.5. The van der Waals surface area contributed by atoms with Crippen molar-refractivity contribution in [3.8, 4) is 12.3 Å². The SMILES string of the molecule is C#CCN1CCC(Nc2ccc(C(F)(F)F)cc2Cl)CC1. The molecule has 0 amide bonds. The maximum absolute atomic E-state index is 12.6. The number of hydrogen-bond donors (Lipinski definition) is 1. The van der Waals surface area contributed by atoms with Crippen LogP contribution in [-0.4, -0.2) is 30.6 Å². The molecule has 0 radical (unpaired) electrons. The number of likely N-dealkylation sites (tertiary alicyclic amines) is 1. The van der Waals surface area contributed by atoms with E-state index in [4.69, 9.17) is 18.0 Å². The number of benzene rings is 1. The van der Waals surface area contributed by atoms with Gasteiger partial charge in [-0.25, -0.2) is 0 Å². The third kappa shape index (κ3) is 4.29. The lowest BCUT2D eigenvalue weighted by atomic mass is 10.0. The molecule has 1 fully saturated rings. The number of nitrogens with one attached hydrogen (secondary N) is 1. The Morgan fingerprint density at radius 1 is 1.33 bits per heavy atom. The first kappa shape index (κ1) is 16.0. The number of anilines is 1. The van der Waals surface area contributed by atoms with Gasteiger partial charge in [0, 0.05) is 19.1 Å². The van der Waals surface area contributed by atoms with Crippen molar-refractivity contribution in [2.24, 2.45) is 0 Å². The highest BCUT2D eigenvalue weighted by Crippen LogP contribution is 2.34. The molecule has 0 bridgehead atoms. The molecule has 6 heteroatoms. The molecule has 1 heterocycles. The average Bonchev–Trinajstić information content (AvgIpc) is 2.42. The molecule has 114 valence electrons. The minimum Gasteiger partial charge on any atom is -0.381 e. The molecule has 1 aromatic carbocycles. The van der Waals surface area contributed by atoms with Crippen molar-refractivity contribution in [2.75, 3.05) is 25.0 Å². The number of piperidine rings is 1. The van der Waals surface area contributed by atoms with Gasteiger partial charge in [0.25, 0.3) is 0 Å². The van der Waals surface area contributed by atoms with Gasteiger partial charge < -0.3 is 5.32 Å². The second kappa shape index (κ2) is 6.59. The molecule has 1 aliphatic rings. The Kier molecular flexibility index (Phi) is 5.02. The Morgan fingerprint density at radius 3 is 2.52 bits per heavy atom. The van der Waals surface area contributed by atoms with Crippen LogP contribution < -0.4 is 5.32 Å². The molecule has 0 atom stereocenters. The van der Waals surface area contributed by atoms with Crippen molar-refractivity contribution < 1.29 is 13.2 Å². The number of halogens is 4. The molecule has 1 saturated heterocycles. The average molecular weight is 317 g/mol. The van der Waals surface area contributed by atoms with E-state index in [1.54, 1.807) is 0 Å². The van der Waals surface area contributed by atoms with Crippen LogP contribution >= 0.6 is 11.6 Å². The second-order valence-corrected chi connectivity index (χ2v) is 5.50. The van der Waals surface area contributed by atoms with E-state index in [2.05, 4.69) is 16.1 Å². The van der Waals surface area contributed by atoms with Crippen LogP contribution in [0.1, 0.15) is 18.4 Å². The number of hydrogen-bond acceptors (Lipinski definition) is 2. The van der Waals surface area contributed by atoms with Crippen molar-refractivity contribution in [3.05, 3.63) is 28.8 Å². The fourth-order valence-electron chi connectivity index (χ4n) is 2.39. The third-order valence-electron chi connectivity index (χ3n) is 3.56. The highest BCUT2D eigenvalue weighted by Gasteiger charge is 2.31. The summed E-state index contributed by atoms with van der Waals surface area (Å²) in [5.41, 5.74) is -0.193. The molecule has 0 aliphatic carbocycles. The maximum Gasteiger partial charge on any atom is 0.416 e. The predicted octanol–water partition coefficient (Wildman–Crippen LogP) is 3.87. The van der Waals surface area contributed by atoms with Crippen LogP contribution in [-0.2, 0) is 6.18 Å². The highest BCUT2D eigenvalue weighted by molar-refractivity contribution is 6.33. The van der Waals surface area contributed by atoms with Crippen LogP contribution in [0, 0.1) is 12.3 Å². The minimum atomic E-state index is -4.37. The molecule has 0 spiro atoms. The largest absolute Gasteiger partial charge is 0.416 e. The highest BCUT2D eigenvalue weighted by atomic mass is 35.5. The molecular formula is C15H16ClF3N2. The predicted molar refractivity (Wildman–Crippen MR) is 78.4 cm³/mol. The summed E-state index contributed by atoms with van der Waals surface area (Å²) in [5, 5.41) is 3.31. The fourth-order valence-corrected chi connectivity index (χ4v) is 2.63. The number of alkyl halides is 3. The first-order valence-electron chi connectivity index (χ1n) is 6.69. The molecule has 21 heavy (non-hydrogen) atoms. The van der Waals surface area contributed by atoms with Gasteiger partial charge in [-0.15, -0.1) is 6.42 Å². The summed E-state index contributed by atoms with van der Waals surface area (Å²) < 4.78 is 37.7. The Hall–Kier alpha value is -1.38. The zero-order valence-electron chi connectivity index (χ0n) is 11.4. The van der Waals surface area contributed by atoms with E-state index in [0.717, 1.165) is 38.1 Å². The third-order valence-corrected chi connectivity index (χ3v) is 3.87. The van der Waals surface area contributed by atoms with Gasteiger partial charge in [-0.05, 0) is 31.0 Å². The van der Waals surface area contributed by atoms with Crippen molar-refractivity contribution in [1.82, 2.24) is 4.90 Å². The van der Waals surface area contributed by atoms with E-state index in [-0.39, 0.29) is 11.1 Å². The topological polar surface area (TPSA) is 15.3 Å². The summed E-state index contributed by atoms with van der Waals surface area (Å²) in [6.45, 7) is 2.38. The first-order chi connectivity index (χ1) is 9.90. The van der Waals surface area contributed by atoms with E-state index in [9.17, 15) is 13.2 Å². The van der Waals surface area contributed by atoms with E-state index in [1.807, 2.05) is 0 Å². The molecule has 1 N–H and O–H groups in total. The van der Waals surface area contributed by atoms with Gasteiger partial charge >= 0.3 is 6.18 Å². The van der Waals surface area contributed by atoms with Gasteiger partial charge in [0.2, 0.25) is 0 Å². The van der Waals surface area contributed by atoms with Crippen LogP contribution in [0.3, 0.4) is 0 Å². The Morgan fingerprint density at radius 2 is 2.00 bits per heavy atom. The standard InChI is InChI=1S/C15H16ClF3N2/c1-2-7-21-8-5-12(6-9-21)20-14-4-3-11(10-13(14)16)15(17,18)19/h1,3-4,10,12,20H,5-9H2. The second-order valence-electron chi connectivity index (χ2n) is 5.09. The minimum absolute atomic E-state index is 0.0934. The number of nitrogens with zero attached hydrogens (tertiary/aromatic N) is 1. The molecular weight excluding hydrogens is 301 g/mol. The van der Waals surface area contributed by atoms with Crippen molar-refractivity contribution >= 4 is 17.3 Å². The van der Waals surface area contributed by atoms with E-state index in [1.165, 1.54) is 6.07 Å². The lowest BCUT2D eigenvalue weighted by Crippen LogP contribution is -2.39. The van der Waals surface area contributed by atoms with Crippen molar-refractivity contribution in [2.45, 2.75) is 25.1 Å². The molecule has 2 rings (SSSR count). The summed E-state index contributed by atoms with van der Waals surface area (Å²) in [4.78, 5) is 2.17. The van der Waals surface area contributed by atoms with E-state index >= 15 is 0 Å². The van der Waals surface area contributed by atoms with Crippen LogP contribution in [0.5, 0.6) is 0 Å². The molecule has 1 aliphatic heterocycles. The first-order valence-corrected chi connectivity index (χ1v) is 7.07. The molecule has 0 saturated carbocycles. The van der Waals surface area contributed by atoms with Gasteiger partial charge in [0.15, 0.2) is 0 Å². The van der Waals surface area contributed by atoms with Crippen LogP contribution in [0.2, 0.25) is 5.02 Å². The van der Waals surface area contributed by atoms with Gasteiger partial charge in [-0.2, -0.15) is 13.2 Å². The van der Waals surface area contributed by atoms with Crippen molar-refractivity contribution in [1.29, 1.82) is 0 Å². The Bertz CT molecular complexity index is 529. The summed E-state index contributed by atoms with van der Waals surface area (Å²) in [6, 6.07) is 3.59. The molecule has 0 unspecified atom stereocenters. The van der Waals surface area contributed by atoms with Gasteiger partial charge in [-0.1, -0.05) is 17.5 Å². The zero-order valence-corrected chi connectivity index (χ0v) is 12.1. The van der Waals surface area contributed by atoms with E-state index < -0.39 is 11.7 Å². The van der Waals surface area contributed by atoms with Crippen molar-refractivity contribution in [3.63, 3.8) is 0 Å². The Balaban J connectivity index is 1.97. The van der Waals surface area contributed by atoms with Crippen LogP contribution in [0.25, 0.3) is 0 Å². The molecule has 0 aromatic heterocycles. The van der Waals surface area contributed by atoms with Crippen LogP contribution in [0.4, 0.5) is 18.9 Å². The monoisotopic (exact) mass is 316 g/mol. The summed E-state index contributed by atoms with van der Waals surface area (Å²) in [7, 11) is 0. The Labute approximate surface area is 127 Å². The van der Waals surface area contributed by atoms with Gasteiger partial charge in [0.1, 0.15) is 0 Å². The van der Waals surface area contributed by atoms with Crippen LogP contribution in [0.15, 0.2) is 18.2 Å². The normalized spacial score (nSPS) is 17.5. The summed E-state index contributed by atoms with van der Waals surface area (Å²) in [6.07, 6.45) is 2.67. The van der Waals surface area contributed by atoms with E-state index in [0.29, 0.717) is 12.2 Å². The fraction of sp³-hybridized carbons (Fsp3) is 0.467. The van der Waals surface area contributed by atoms with Gasteiger partial charge in [-0.3, -0.25) is 4.90 Å². The summed E-state index contributed by atoms with van der Waals surface area (Å²) >= 11 is 5.93.